The van der Waals surface area contributed by atoms with Gasteiger partial charge in [0.15, 0.2) is 0 Å². The molecule has 1 saturated heterocycles. The lowest BCUT2D eigenvalue weighted by molar-refractivity contribution is -0.139. The highest BCUT2D eigenvalue weighted by Crippen LogP contribution is 2.41. The third-order valence-corrected chi connectivity index (χ3v) is 6.00. The highest BCUT2D eigenvalue weighted by molar-refractivity contribution is 6.46. The molecule has 1 heterocycles. The molecule has 1 aliphatic rings. The van der Waals surface area contributed by atoms with E-state index in [1.807, 2.05) is 13.8 Å². The Kier molecular flexibility index (Phi) is 7.38. The van der Waals surface area contributed by atoms with E-state index < -0.39 is 17.7 Å². The zero-order chi connectivity index (χ0) is 25.8. The van der Waals surface area contributed by atoms with Gasteiger partial charge in [-0.25, -0.2) is 4.39 Å². The minimum Gasteiger partial charge on any atom is -0.507 e. The summed E-state index contributed by atoms with van der Waals surface area (Å²) in [5.74, 6) is -1.19. The molecule has 0 saturated carbocycles. The van der Waals surface area contributed by atoms with Crippen LogP contribution < -0.4 is 9.47 Å². The zero-order valence-corrected chi connectivity index (χ0v) is 20.4. The molecular formula is C29H28FNO5. The monoisotopic (exact) mass is 489 g/mol. The Bertz CT molecular complexity index is 1300. The van der Waals surface area contributed by atoms with Crippen molar-refractivity contribution < 1.29 is 28.6 Å². The van der Waals surface area contributed by atoms with Crippen LogP contribution in [0.3, 0.4) is 0 Å². The number of ketones is 1. The van der Waals surface area contributed by atoms with Crippen LogP contribution >= 0.6 is 0 Å². The van der Waals surface area contributed by atoms with Crippen molar-refractivity contribution in [2.45, 2.75) is 32.4 Å². The summed E-state index contributed by atoms with van der Waals surface area (Å²) in [6.45, 7) is 4.01. The molecule has 3 aromatic carbocycles. The lowest BCUT2D eigenvalue weighted by Crippen LogP contribution is -2.31. The number of benzene rings is 3. The minimum atomic E-state index is -0.842. The first-order valence-corrected chi connectivity index (χ1v) is 11.7. The van der Waals surface area contributed by atoms with Crippen LogP contribution in [0.2, 0.25) is 0 Å². The van der Waals surface area contributed by atoms with E-state index in [4.69, 9.17) is 9.47 Å². The predicted molar refractivity (Wildman–Crippen MR) is 134 cm³/mol. The van der Waals surface area contributed by atoms with Gasteiger partial charge in [-0.1, -0.05) is 36.4 Å². The number of hydrogen-bond donors (Lipinski definition) is 1. The zero-order valence-electron chi connectivity index (χ0n) is 20.4. The average molecular weight is 490 g/mol. The quantitative estimate of drug-likeness (QED) is 0.265. The van der Waals surface area contributed by atoms with E-state index in [0.717, 1.165) is 5.56 Å². The number of carbonyl (C=O) groups is 2. The summed E-state index contributed by atoms with van der Waals surface area (Å²) in [5.41, 5.74) is 1.74. The number of ether oxygens (including phenoxy) is 2. The second-order valence-corrected chi connectivity index (χ2v) is 8.81. The van der Waals surface area contributed by atoms with Crippen molar-refractivity contribution in [2.24, 2.45) is 0 Å². The van der Waals surface area contributed by atoms with Gasteiger partial charge in [-0.2, -0.15) is 0 Å². The van der Waals surface area contributed by atoms with Crippen LogP contribution in [-0.2, 0) is 16.0 Å². The number of halogens is 1. The van der Waals surface area contributed by atoms with Gasteiger partial charge in [0.25, 0.3) is 11.7 Å². The minimum absolute atomic E-state index is 0.0229. The molecule has 0 aliphatic carbocycles. The normalized spacial score (nSPS) is 17.0. The fourth-order valence-corrected chi connectivity index (χ4v) is 4.37. The van der Waals surface area contributed by atoms with Crippen LogP contribution in [0.5, 0.6) is 11.5 Å². The van der Waals surface area contributed by atoms with Crippen LogP contribution in [0.25, 0.3) is 5.76 Å². The van der Waals surface area contributed by atoms with Crippen LogP contribution in [0.1, 0.15) is 36.6 Å². The van der Waals surface area contributed by atoms with Gasteiger partial charge in [0, 0.05) is 6.54 Å². The SMILES string of the molecule is COc1ccccc1/C(O)=C1/C(=O)C(=O)N(CCc2ccc(F)cc2)C1c1cccc(OC(C)C)c1. The Morgan fingerprint density at radius 2 is 1.75 bits per heavy atom. The predicted octanol–water partition coefficient (Wildman–Crippen LogP) is 5.29. The molecule has 4 rings (SSSR count). The van der Waals surface area contributed by atoms with E-state index in [1.165, 1.54) is 24.1 Å². The van der Waals surface area contributed by atoms with E-state index in [0.29, 0.717) is 29.0 Å². The molecule has 1 N–H and O–H groups in total. The third-order valence-electron chi connectivity index (χ3n) is 6.00. The van der Waals surface area contributed by atoms with E-state index in [9.17, 15) is 19.1 Å². The van der Waals surface area contributed by atoms with Gasteiger partial charge in [0.2, 0.25) is 0 Å². The maximum Gasteiger partial charge on any atom is 0.295 e. The van der Waals surface area contributed by atoms with Gasteiger partial charge in [0.1, 0.15) is 23.1 Å². The van der Waals surface area contributed by atoms with Crippen molar-refractivity contribution in [3.8, 4) is 11.5 Å². The molecule has 0 radical (unpaired) electrons. The molecule has 7 heteroatoms. The smallest absolute Gasteiger partial charge is 0.295 e. The van der Waals surface area contributed by atoms with E-state index in [2.05, 4.69) is 0 Å². The number of hydrogen-bond acceptors (Lipinski definition) is 5. The number of likely N-dealkylation sites (tertiary alicyclic amines) is 1. The van der Waals surface area contributed by atoms with E-state index in [-0.39, 0.29) is 29.8 Å². The molecule has 0 bridgehead atoms. The summed E-state index contributed by atoms with van der Waals surface area (Å²) in [6.07, 6.45) is 0.333. The molecule has 0 aromatic heterocycles. The standard InChI is InChI=1S/C29H28FNO5/c1-18(2)36-22-8-6-7-20(17-22)26-25(27(32)23-9-4-5-10-24(23)35-3)28(33)29(34)31(26)16-15-19-11-13-21(30)14-12-19/h4-14,17-18,26,32H,15-16H2,1-3H3/b27-25-. The van der Waals surface area contributed by atoms with E-state index in [1.54, 1.807) is 60.7 Å². The first-order valence-electron chi connectivity index (χ1n) is 11.7. The third kappa shape index (κ3) is 5.10. The van der Waals surface area contributed by atoms with Gasteiger partial charge in [-0.05, 0) is 67.8 Å². The lowest BCUT2D eigenvalue weighted by atomic mass is 9.94. The van der Waals surface area contributed by atoms with Gasteiger partial charge >= 0.3 is 0 Å². The Labute approximate surface area is 209 Å². The number of amides is 1. The van der Waals surface area contributed by atoms with Crippen molar-refractivity contribution in [1.82, 2.24) is 4.90 Å². The average Bonchev–Trinajstić information content (AvgIpc) is 3.12. The molecule has 6 nitrogen and oxygen atoms in total. The molecule has 186 valence electrons. The van der Waals surface area contributed by atoms with E-state index >= 15 is 0 Å². The topological polar surface area (TPSA) is 76.1 Å². The number of rotatable bonds is 8. The van der Waals surface area contributed by atoms with Crippen LogP contribution in [0, 0.1) is 5.82 Å². The second-order valence-electron chi connectivity index (χ2n) is 8.81. The van der Waals surface area contributed by atoms with Gasteiger partial charge in [-0.3, -0.25) is 9.59 Å². The molecule has 0 spiro atoms. The molecular weight excluding hydrogens is 461 g/mol. The maximum atomic E-state index is 13.4. The van der Waals surface area contributed by atoms with Crippen molar-refractivity contribution in [1.29, 1.82) is 0 Å². The van der Waals surface area contributed by atoms with Crippen LogP contribution in [0.4, 0.5) is 4.39 Å². The maximum absolute atomic E-state index is 13.4. The Balaban J connectivity index is 1.81. The van der Waals surface area contributed by atoms with Crippen LogP contribution in [0.15, 0.2) is 78.4 Å². The number of Topliss-reactive ketones (excluding diaryl/α,β-unsaturated/α-hetero) is 1. The lowest BCUT2D eigenvalue weighted by Gasteiger charge is -2.26. The largest absolute Gasteiger partial charge is 0.507 e. The van der Waals surface area contributed by atoms with Crippen molar-refractivity contribution >= 4 is 17.4 Å². The number of aliphatic hydroxyl groups is 1. The molecule has 1 unspecified atom stereocenters. The molecule has 3 aromatic rings. The number of carbonyl (C=O) groups excluding carboxylic acids is 2. The fraction of sp³-hybridized carbons (Fsp3) is 0.241. The summed E-state index contributed by atoms with van der Waals surface area (Å²) in [7, 11) is 1.47. The first kappa shape index (κ1) is 25.0. The molecule has 1 amide bonds. The highest BCUT2D eigenvalue weighted by atomic mass is 19.1. The number of methoxy groups -OCH3 is 1. The Morgan fingerprint density at radius 3 is 2.44 bits per heavy atom. The summed E-state index contributed by atoms with van der Waals surface area (Å²) >= 11 is 0. The van der Waals surface area contributed by atoms with Crippen molar-refractivity contribution in [2.75, 3.05) is 13.7 Å². The highest BCUT2D eigenvalue weighted by Gasteiger charge is 2.46. The summed E-state index contributed by atoms with van der Waals surface area (Å²) in [5, 5.41) is 11.3. The summed E-state index contributed by atoms with van der Waals surface area (Å²) < 4.78 is 24.6. The summed E-state index contributed by atoms with van der Waals surface area (Å²) in [6, 6.07) is 19.1. The van der Waals surface area contributed by atoms with Crippen LogP contribution in [-0.4, -0.2) is 41.5 Å². The van der Waals surface area contributed by atoms with Crippen molar-refractivity contribution in [3.63, 3.8) is 0 Å². The second kappa shape index (κ2) is 10.6. The number of para-hydroxylation sites is 1. The molecule has 1 atom stereocenters. The molecule has 36 heavy (non-hydrogen) atoms. The Morgan fingerprint density at radius 1 is 1.03 bits per heavy atom. The number of aliphatic hydroxyl groups excluding tert-OH is 1. The van der Waals surface area contributed by atoms with Gasteiger partial charge < -0.3 is 19.5 Å². The van der Waals surface area contributed by atoms with Gasteiger partial charge in [0.05, 0.1) is 30.4 Å². The van der Waals surface area contributed by atoms with Crippen molar-refractivity contribution in [3.05, 3.63) is 101 Å². The summed E-state index contributed by atoms with van der Waals surface area (Å²) in [4.78, 5) is 28.0. The molecule has 1 fully saturated rings. The number of nitrogens with zero attached hydrogens (tertiary/aromatic N) is 1. The van der Waals surface area contributed by atoms with Gasteiger partial charge in [-0.15, -0.1) is 0 Å². The molecule has 1 aliphatic heterocycles. The Hall–Kier alpha value is -4.13. The fourth-order valence-electron chi connectivity index (χ4n) is 4.37. The first-order chi connectivity index (χ1) is 17.3.